The van der Waals surface area contributed by atoms with Gasteiger partial charge in [-0.1, -0.05) is 19.3 Å². The standard InChI is InChI=1S/C17H20N4O/c22-17(20-15-9-12-3-1-2-4-14(12)15)13-5-6-19-16(10-13)21-8-7-18-11-21/h5-8,10-12,14-15H,1-4,9H2,(H,20,22)/t12-,14-,15+/m1/s1. The summed E-state index contributed by atoms with van der Waals surface area (Å²) < 4.78 is 1.80. The van der Waals surface area contributed by atoms with Crippen molar-refractivity contribution in [1.82, 2.24) is 19.9 Å². The number of hydrogen-bond acceptors (Lipinski definition) is 3. The van der Waals surface area contributed by atoms with Gasteiger partial charge in [-0.2, -0.15) is 0 Å². The Hall–Kier alpha value is -2.17. The zero-order chi connectivity index (χ0) is 14.9. The second-order valence-corrected chi connectivity index (χ2v) is 6.40. The number of aromatic nitrogens is 3. The van der Waals surface area contributed by atoms with Gasteiger partial charge in [0.05, 0.1) is 0 Å². The van der Waals surface area contributed by atoms with Crippen molar-refractivity contribution in [2.45, 2.75) is 38.1 Å². The number of carbonyl (C=O) groups is 1. The minimum atomic E-state index is 0.0118. The average Bonchev–Trinajstić information content (AvgIpc) is 3.07. The maximum Gasteiger partial charge on any atom is 0.251 e. The summed E-state index contributed by atoms with van der Waals surface area (Å²) in [4.78, 5) is 20.8. The molecule has 0 bridgehead atoms. The van der Waals surface area contributed by atoms with Crippen LogP contribution in [-0.4, -0.2) is 26.5 Å². The molecule has 2 aliphatic carbocycles. The third kappa shape index (κ3) is 2.40. The van der Waals surface area contributed by atoms with Crippen LogP contribution in [0.2, 0.25) is 0 Å². The highest BCUT2D eigenvalue weighted by atomic mass is 16.1. The van der Waals surface area contributed by atoms with Gasteiger partial charge in [0.15, 0.2) is 0 Å². The van der Waals surface area contributed by atoms with Gasteiger partial charge in [-0.3, -0.25) is 9.36 Å². The van der Waals surface area contributed by atoms with E-state index >= 15 is 0 Å². The van der Waals surface area contributed by atoms with E-state index in [0.29, 0.717) is 23.3 Å². The maximum absolute atomic E-state index is 12.5. The summed E-state index contributed by atoms with van der Waals surface area (Å²) >= 11 is 0. The molecule has 2 saturated carbocycles. The van der Waals surface area contributed by atoms with Gasteiger partial charge in [-0.25, -0.2) is 9.97 Å². The van der Waals surface area contributed by atoms with E-state index in [1.165, 1.54) is 25.7 Å². The van der Waals surface area contributed by atoms with E-state index in [0.717, 1.165) is 12.3 Å². The Morgan fingerprint density at radius 1 is 1.27 bits per heavy atom. The molecular weight excluding hydrogens is 276 g/mol. The van der Waals surface area contributed by atoms with E-state index in [1.807, 2.05) is 12.3 Å². The molecule has 3 atom stereocenters. The molecule has 0 radical (unpaired) electrons. The van der Waals surface area contributed by atoms with Crippen molar-refractivity contribution < 1.29 is 4.79 Å². The SMILES string of the molecule is O=C(N[C@H]1C[C@H]2CCCC[C@H]21)c1ccnc(-n2ccnc2)c1. The molecule has 0 saturated heterocycles. The van der Waals surface area contributed by atoms with E-state index < -0.39 is 0 Å². The van der Waals surface area contributed by atoms with Crippen molar-refractivity contribution in [3.8, 4) is 5.82 Å². The molecular formula is C17H20N4O. The molecule has 114 valence electrons. The molecule has 2 heterocycles. The molecule has 0 aliphatic heterocycles. The van der Waals surface area contributed by atoms with Gasteiger partial charge in [0.1, 0.15) is 12.1 Å². The minimum absolute atomic E-state index is 0.0118. The van der Waals surface area contributed by atoms with E-state index in [9.17, 15) is 4.79 Å². The minimum Gasteiger partial charge on any atom is -0.349 e. The molecule has 5 nitrogen and oxygen atoms in total. The molecule has 0 spiro atoms. The van der Waals surface area contributed by atoms with Crippen LogP contribution in [0.15, 0.2) is 37.1 Å². The van der Waals surface area contributed by atoms with Crippen LogP contribution < -0.4 is 5.32 Å². The Bertz CT molecular complexity index is 667. The molecule has 0 unspecified atom stereocenters. The number of hydrogen-bond donors (Lipinski definition) is 1. The summed E-state index contributed by atoms with van der Waals surface area (Å²) in [6.07, 6.45) is 13.3. The quantitative estimate of drug-likeness (QED) is 0.947. The Kier molecular flexibility index (Phi) is 3.41. The van der Waals surface area contributed by atoms with Crippen molar-refractivity contribution in [2.75, 3.05) is 0 Å². The van der Waals surface area contributed by atoms with Crippen molar-refractivity contribution in [2.24, 2.45) is 11.8 Å². The van der Waals surface area contributed by atoms with Crippen molar-refractivity contribution in [3.05, 3.63) is 42.6 Å². The first-order valence-electron chi connectivity index (χ1n) is 8.06. The summed E-state index contributed by atoms with van der Waals surface area (Å²) in [6, 6.07) is 3.95. The first-order valence-corrected chi connectivity index (χ1v) is 8.06. The van der Waals surface area contributed by atoms with E-state index in [4.69, 9.17) is 0 Å². The number of nitrogens with one attached hydrogen (secondary N) is 1. The lowest BCUT2D eigenvalue weighted by Gasteiger charge is -2.48. The lowest BCUT2D eigenvalue weighted by molar-refractivity contribution is 0.0516. The molecule has 0 aromatic carbocycles. The van der Waals surface area contributed by atoms with Crippen LogP contribution >= 0.6 is 0 Å². The molecule has 2 fully saturated rings. The van der Waals surface area contributed by atoms with Crippen LogP contribution in [0.1, 0.15) is 42.5 Å². The van der Waals surface area contributed by atoms with Crippen LogP contribution in [-0.2, 0) is 0 Å². The van der Waals surface area contributed by atoms with E-state index in [1.54, 1.807) is 29.4 Å². The van der Waals surface area contributed by atoms with Gasteiger partial charge < -0.3 is 5.32 Å². The van der Waals surface area contributed by atoms with Crippen molar-refractivity contribution >= 4 is 5.91 Å². The number of pyridine rings is 1. The second kappa shape index (κ2) is 5.55. The third-order valence-electron chi connectivity index (χ3n) is 5.13. The van der Waals surface area contributed by atoms with Crippen LogP contribution in [0.25, 0.3) is 5.82 Å². The predicted molar refractivity (Wildman–Crippen MR) is 82.7 cm³/mol. The fraction of sp³-hybridized carbons (Fsp3) is 0.471. The highest BCUT2D eigenvalue weighted by molar-refractivity contribution is 5.94. The Morgan fingerprint density at radius 2 is 2.18 bits per heavy atom. The zero-order valence-corrected chi connectivity index (χ0v) is 12.5. The maximum atomic E-state index is 12.5. The van der Waals surface area contributed by atoms with Crippen LogP contribution in [0.5, 0.6) is 0 Å². The molecule has 1 N–H and O–H groups in total. The summed E-state index contributed by atoms with van der Waals surface area (Å²) in [5.74, 6) is 2.28. The second-order valence-electron chi connectivity index (χ2n) is 6.40. The van der Waals surface area contributed by atoms with Gasteiger partial charge in [-0.15, -0.1) is 0 Å². The third-order valence-corrected chi connectivity index (χ3v) is 5.13. The average molecular weight is 296 g/mol. The summed E-state index contributed by atoms with van der Waals surface area (Å²) in [5.41, 5.74) is 0.665. The highest BCUT2D eigenvalue weighted by Crippen LogP contribution is 2.45. The van der Waals surface area contributed by atoms with Gasteiger partial charge in [-0.05, 0) is 36.8 Å². The molecule has 5 heteroatoms. The predicted octanol–water partition coefficient (Wildman–Crippen LogP) is 2.58. The van der Waals surface area contributed by atoms with Crippen molar-refractivity contribution in [1.29, 1.82) is 0 Å². The smallest absolute Gasteiger partial charge is 0.251 e. The summed E-state index contributed by atoms with van der Waals surface area (Å²) in [7, 11) is 0. The fourth-order valence-electron chi connectivity index (χ4n) is 3.88. The number of imidazole rings is 1. The molecule has 2 aromatic heterocycles. The Morgan fingerprint density at radius 3 is 3.00 bits per heavy atom. The summed E-state index contributed by atoms with van der Waals surface area (Å²) in [6.45, 7) is 0. The fourth-order valence-corrected chi connectivity index (χ4v) is 3.88. The first kappa shape index (κ1) is 13.5. The topological polar surface area (TPSA) is 59.8 Å². The Balaban J connectivity index is 1.46. The van der Waals surface area contributed by atoms with E-state index in [2.05, 4.69) is 15.3 Å². The molecule has 2 aliphatic rings. The number of rotatable bonds is 3. The monoisotopic (exact) mass is 296 g/mol. The lowest BCUT2D eigenvalue weighted by atomic mass is 9.62. The summed E-state index contributed by atoms with van der Waals surface area (Å²) in [5, 5.41) is 3.21. The largest absolute Gasteiger partial charge is 0.349 e. The number of nitrogens with zero attached hydrogens (tertiary/aromatic N) is 3. The van der Waals surface area contributed by atoms with Gasteiger partial charge in [0, 0.05) is 30.2 Å². The zero-order valence-electron chi connectivity index (χ0n) is 12.5. The van der Waals surface area contributed by atoms with Gasteiger partial charge in [0.25, 0.3) is 5.91 Å². The van der Waals surface area contributed by atoms with Gasteiger partial charge >= 0.3 is 0 Å². The van der Waals surface area contributed by atoms with Crippen LogP contribution in [0, 0.1) is 11.8 Å². The first-order chi connectivity index (χ1) is 10.8. The number of amides is 1. The van der Waals surface area contributed by atoms with E-state index in [-0.39, 0.29) is 5.91 Å². The molecule has 2 aromatic rings. The van der Waals surface area contributed by atoms with Crippen molar-refractivity contribution in [3.63, 3.8) is 0 Å². The normalized spacial score (nSPS) is 26.8. The highest BCUT2D eigenvalue weighted by Gasteiger charge is 2.42. The Labute approximate surface area is 129 Å². The molecule has 1 amide bonds. The van der Waals surface area contributed by atoms with Crippen LogP contribution in [0.3, 0.4) is 0 Å². The molecule has 4 rings (SSSR count). The number of fused-ring (bicyclic) bond motifs is 1. The van der Waals surface area contributed by atoms with Crippen LogP contribution in [0.4, 0.5) is 0 Å². The number of carbonyl (C=O) groups excluding carboxylic acids is 1. The lowest BCUT2D eigenvalue weighted by Crippen LogP contribution is -2.53. The molecule has 22 heavy (non-hydrogen) atoms. The van der Waals surface area contributed by atoms with Gasteiger partial charge in [0.2, 0.25) is 0 Å².